The minimum Gasteiger partial charge on any atom is -0.352 e. The van der Waals surface area contributed by atoms with E-state index in [4.69, 9.17) is 0 Å². The minimum atomic E-state index is 0.0853. The number of carbonyl (C=O) groups is 1. The maximum absolute atomic E-state index is 12.4. The van der Waals surface area contributed by atoms with Gasteiger partial charge in [0.2, 0.25) is 5.91 Å². The number of likely N-dealkylation sites (N-methyl/N-ethyl adjacent to an activating group) is 1. The molecule has 0 aliphatic heterocycles. The molecule has 1 aromatic carbocycles. The van der Waals surface area contributed by atoms with Crippen molar-refractivity contribution in [2.75, 3.05) is 13.6 Å². The predicted octanol–water partition coefficient (Wildman–Crippen LogP) is 4.14. The van der Waals surface area contributed by atoms with Gasteiger partial charge in [0.25, 0.3) is 0 Å². The molecule has 0 fully saturated rings. The lowest BCUT2D eigenvalue weighted by Gasteiger charge is -2.18. The quantitative estimate of drug-likeness (QED) is 0.611. The van der Waals surface area contributed by atoms with Gasteiger partial charge in [-0.3, -0.25) is 4.79 Å². The van der Waals surface area contributed by atoms with Crippen LogP contribution in [0.15, 0.2) is 36.4 Å². The standard InChI is InChI=1S/C22H31N3OS/c1-4-5-7-12-20-17(2)27-22(25-20)14-13-21(26)24-19(16-23-3)15-18-10-8-6-9-11-18/h6-12,19,23H,4-5,13-16H2,1-3H3,(H,24,26)/b12-7-. The maximum Gasteiger partial charge on any atom is 0.220 e. The van der Waals surface area contributed by atoms with Crippen molar-refractivity contribution in [3.8, 4) is 0 Å². The van der Waals surface area contributed by atoms with Crippen molar-refractivity contribution < 1.29 is 4.79 Å². The highest BCUT2D eigenvalue weighted by Gasteiger charge is 2.13. The summed E-state index contributed by atoms with van der Waals surface area (Å²) in [6.07, 6.45) is 8.48. The molecule has 0 bridgehead atoms. The van der Waals surface area contributed by atoms with Crippen molar-refractivity contribution in [3.05, 3.63) is 57.6 Å². The molecule has 27 heavy (non-hydrogen) atoms. The molecule has 0 spiro atoms. The Morgan fingerprint density at radius 3 is 2.78 bits per heavy atom. The summed E-state index contributed by atoms with van der Waals surface area (Å²) < 4.78 is 0. The minimum absolute atomic E-state index is 0.0853. The molecular formula is C22H31N3OS. The number of hydrogen-bond donors (Lipinski definition) is 2. The van der Waals surface area contributed by atoms with Crippen LogP contribution in [0.25, 0.3) is 6.08 Å². The Morgan fingerprint density at radius 1 is 1.30 bits per heavy atom. The van der Waals surface area contributed by atoms with E-state index in [1.807, 2.05) is 25.2 Å². The van der Waals surface area contributed by atoms with Gasteiger partial charge < -0.3 is 10.6 Å². The number of thiazole rings is 1. The highest BCUT2D eigenvalue weighted by molar-refractivity contribution is 7.11. The Balaban J connectivity index is 1.85. The lowest BCUT2D eigenvalue weighted by molar-refractivity contribution is -0.121. The van der Waals surface area contributed by atoms with Gasteiger partial charge in [0, 0.05) is 30.3 Å². The molecule has 1 amide bonds. The molecule has 0 aliphatic rings. The first-order valence-corrected chi connectivity index (χ1v) is 10.5. The number of unbranched alkanes of at least 4 members (excludes halogenated alkanes) is 1. The molecule has 4 nitrogen and oxygen atoms in total. The van der Waals surface area contributed by atoms with E-state index in [2.05, 4.69) is 53.7 Å². The zero-order valence-electron chi connectivity index (χ0n) is 16.6. The van der Waals surface area contributed by atoms with Crippen LogP contribution in [-0.2, 0) is 17.6 Å². The third kappa shape index (κ3) is 7.65. The van der Waals surface area contributed by atoms with E-state index in [1.54, 1.807) is 11.3 Å². The van der Waals surface area contributed by atoms with Crippen molar-refractivity contribution in [1.82, 2.24) is 15.6 Å². The van der Waals surface area contributed by atoms with E-state index in [-0.39, 0.29) is 11.9 Å². The van der Waals surface area contributed by atoms with Crippen LogP contribution in [0.5, 0.6) is 0 Å². The number of nitrogens with zero attached hydrogens (tertiary/aromatic N) is 1. The summed E-state index contributed by atoms with van der Waals surface area (Å²) in [4.78, 5) is 18.3. The number of carbonyl (C=O) groups excluding carboxylic acids is 1. The zero-order chi connectivity index (χ0) is 19.5. The Morgan fingerprint density at radius 2 is 2.07 bits per heavy atom. The molecule has 5 heteroatoms. The number of benzene rings is 1. The zero-order valence-corrected chi connectivity index (χ0v) is 17.4. The lowest BCUT2D eigenvalue weighted by atomic mass is 10.1. The van der Waals surface area contributed by atoms with Crippen LogP contribution in [-0.4, -0.2) is 30.5 Å². The topological polar surface area (TPSA) is 54.0 Å². The van der Waals surface area contributed by atoms with Crippen LogP contribution in [0.3, 0.4) is 0 Å². The summed E-state index contributed by atoms with van der Waals surface area (Å²) in [7, 11) is 1.91. The number of hydrogen-bond acceptors (Lipinski definition) is 4. The molecule has 1 atom stereocenters. The van der Waals surface area contributed by atoms with Gasteiger partial charge in [-0.25, -0.2) is 4.98 Å². The summed E-state index contributed by atoms with van der Waals surface area (Å²) in [5, 5.41) is 7.37. The summed E-state index contributed by atoms with van der Waals surface area (Å²) in [6, 6.07) is 10.4. The monoisotopic (exact) mass is 385 g/mol. The van der Waals surface area contributed by atoms with E-state index >= 15 is 0 Å². The SMILES string of the molecule is CCC/C=C\c1nc(CCC(=O)NC(CNC)Cc2ccccc2)sc1C. The average molecular weight is 386 g/mol. The molecule has 2 N–H and O–H groups in total. The van der Waals surface area contributed by atoms with E-state index in [0.717, 1.165) is 36.5 Å². The fourth-order valence-electron chi connectivity index (χ4n) is 2.93. The smallest absolute Gasteiger partial charge is 0.220 e. The van der Waals surface area contributed by atoms with Gasteiger partial charge in [0.05, 0.1) is 10.7 Å². The van der Waals surface area contributed by atoms with Crippen LogP contribution >= 0.6 is 11.3 Å². The Bertz CT molecular complexity index is 724. The molecule has 0 aliphatic carbocycles. The van der Waals surface area contributed by atoms with Gasteiger partial charge in [0.15, 0.2) is 0 Å². The summed E-state index contributed by atoms with van der Waals surface area (Å²) >= 11 is 1.69. The number of amides is 1. The van der Waals surface area contributed by atoms with E-state index < -0.39 is 0 Å². The van der Waals surface area contributed by atoms with Gasteiger partial charge in [-0.15, -0.1) is 11.3 Å². The second kappa shape index (κ2) is 11.7. The van der Waals surface area contributed by atoms with Crippen molar-refractivity contribution >= 4 is 23.3 Å². The van der Waals surface area contributed by atoms with Crippen molar-refractivity contribution in [2.45, 2.75) is 52.0 Å². The van der Waals surface area contributed by atoms with E-state index in [1.165, 1.54) is 10.4 Å². The van der Waals surface area contributed by atoms with Crippen LogP contribution in [0, 0.1) is 6.92 Å². The fourth-order valence-corrected chi connectivity index (χ4v) is 3.85. The molecule has 2 rings (SSSR count). The second-order valence-corrected chi connectivity index (χ2v) is 8.04. The van der Waals surface area contributed by atoms with Crippen molar-refractivity contribution in [1.29, 1.82) is 0 Å². The van der Waals surface area contributed by atoms with Crippen LogP contribution < -0.4 is 10.6 Å². The van der Waals surface area contributed by atoms with Crippen molar-refractivity contribution in [3.63, 3.8) is 0 Å². The Kier molecular flexibility index (Phi) is 9.22. The summed E-state index contributed by atoms with van der Waals surface area (Å²) in [5.74, 6) is 0.0853. The number of aromatic nitrogens is 1. The molecule has 1 aromatic heterocycles. The van der Waals surface area contributed by atoms with Crippen LogP contribution in [0.2, 0.25) is 0 Å². The number of rotatable bonds is 11. The molecule has 1 heterocycles. The molecule has 0 radical (unpaired) electrons. The highest BCUT2D eigenvalue weighted by atomic mass is 32.1. The first-order chi connectivity index (χ1) is 13.1. The summed E-state index contributed by atoms with van der Waals surface area (Å²) in [5.41, 5.74) is 2.28. The van der Waals surface area contributed by atoms with Gasteiger partial charge in [-0.2, -0.15) is 0 Å². The van der Waals surface area contributed by atoms with E-state index in [0.29, 0.717) is 12.8 Å². The first-order valence-electron chi connectivity index (χ1n) is 9.73. The second-order valence-electron chi connectivity index (χ2n) is 6.75. The fraction of sp³-hybridized carbons (Fsp3) is 0.455. The van der Waals surface area contributed by atoms with Gasteiger partial charge in [0.1, 0.15) is 0 Å². The highest BCUT2D eigenvalue weighted by Crippen LogP contribution is 2.20. The van der Waals surface area contributed by atoms with Crippen molar-refractivity contribution in [2.24, 2.45) is 0 Å². The van der Waals surface area contributed by atoms with E-state index in [9.17, 15) is 4.79 Å². The number of allylic oxidation sites excluding steroid dienone is 1. The molecule has 0 saturated heterocycles. The van der Waals surface area contributed by atoms with Crippen LogP contribution in [0.1, 0.15) is 47.3 Å². The molecule has 2 aromatic rings. The first kappa shape index (κ1) is 21.3. The predicted molar refractivity (Wildman–Crippen MR) is 115 cm³/mol. The third-order valence-corrected chi connectivity index (χ3v) is 5.36. The average Bonchev–Trinajstić information content (AvgIpc) is 3.01. The lowest BCUT2D eigenvalue weighted by Crippen LogP contribution is -2.42. The number of aryl methyl sites for hydroxylation is 2. The van der Waals surface area contributed by atoms with Gasteiger partial charge >= 0.3 is 0 Å². The largest absolute Gasteiger partial charge is 0.352 e. The maximum atomic E-state index is 12.4. The van der Waals surface area contributed by atoms with Crippen LogP contribution in [0.4, 0.5) is 0 Å². The summed E-state index contributed by atoms with van der Waals surface area (Å²) in [6.45, 7) is 5.01. The normalized spacial score (nSPS) is 12.4. The Hall–Kier alpha value is -1.98. The molecule has 146 valence electrons. The van der Waals surface area contributed by atoms with Gasteiger partial charge in [-0.1, -0.05) is 49.8 Å². The molecule has 1 unspecified atom stereocenters. The molecular weight excluding hydrogens is 354 g/mol. The molecule has 0 saturated carbocycles. The third-order valence-electron chi connectivity index (χ3n) is 4.31. The Labute approximate surface area is 167 Å². The number of nitrogens with one attached hydrogen (secondary N) is 2. The van der Waals surface area contributed by atoms with Gasteiger partial charge in [-0.05, 0) is 38.5 Å².